The summed E-state index contributed by atoms with van der Waals surface area (Å²) in [6.07, 6.45) is 0. The molecule has 0 fully saturated rings. The fourth-order valence-electron chi connectivity index (χ4n) is 2.61. The predicted molar refractivity (Wildman–Crippen MR) is 111 cm³/mol. The summed E-state index contributed by atoms with van der Waals surface area (Å²) in [5.41, 5.74) is 6.15. The molecule has 0 aromatic heterocycles. The molecule has 9 heteroatoms. The van der Waals surface area contributed by atoms with Crippen LogP contribution >= 0.6 is 23.2 Å². The summed E-state index contributed by atoms with van der Waals surface area (Å²) in [4.78, 5) is 18.0. The fourth-order valence-corrected chi connectivity index (χ4v) is 3.12. The first-order valence-corrected chi connectivity index (χ1v) is 9.58. The van der Waals surface area contributed by atoms with Crippen molar-refractivity contribution in [2.45, 2.75) is 12.6 Å². The van der Waals surface area contributed by atoms with Crippen molar-refractivity contribution in [3.8, 4) is 5.75 Å². The Morgan fingerprint density at radius 3 is 2.30 bits per heavy atom. The van der Waals surface area contributed by atoms with Crippen LogP contribution in [0.25, 0.3) is 0 Å². The minimum absolute atomic E-state index is 0.194. The van der Waals surface area contributed by atoms with Crippen molar-refractivity contribution >= 4 is 29.1 Å². The third kappa shape index (κ3) is 6.14. The van der Waals surface area contributed by atoms with Crippen molar-refractivity contribution in [1.29, 1.82) is 0 Å². The van der Waals surface area contributed by atoms with E-state index in [1.165, 1.54) is 24.3 Å². The number of rotatable bonds is 8. The van der Waals surface area contributed by atoms with E-state index in [2.05, 4.69) is 16.3 Å². The van der Waals surface area contributed by atoms with Crippen LogP contribution in [0.3, 0.4) is 0 Å². The molecule has 0 saturated heterocycles. The lowest BCUT2D eigenvalue weighted by molar-refractivity contribution is -0.124. The largest absolute Gasteiger partial charge is 0.394 e. The molecule has 5 nitrogen and oxygen atoms in total. The third-order valence-electron chi connectivity index (χ3n) is 4.06. The molecule has 156 valence electrons. The monoisotopic (exact) mass is 451 g/mol. The number of amides is 1. The molecule has 0 saturated carbocycles. The molecule has 0 radical (unpaired) electrons. The van der Waals surface area contributed by atoms with Crippen LogP contribution in [0.15, 0.2) is 66.7 Å². The highest BCUT2D eigenvalue weighted by Crippen LogP contribution is 2.23. The number of carbonyl (C=O) groups excluding carboxylic acids is 1. The molecular weight excluding hydrogens is 435 g/mol. The topological polar surface area (TPSA) is 62.4 Å². The maximum Gasteiger partial charge on any atom is 0.243 e. The number of hydrogen-bond acceptors (Lipinski definition) is 4. The van der Waals surface area contributed by atoms with E-state index in [1.807, 2.05) is 30.3 Å². The summed E-state index contributed by atoms with van der Waals surface area (Å²) < 4.78 is 27.0. The lowest BCUT2D eigenvalue weighted by atomic mass is 10.1. The van der Waals surface area contributed by atoms with E-state index >= 15 is 0 Å². The van der Waals surface area contributed by atoms with Crippen molar-refractivity contribution in [3.63, 3.8) is 0 Å². The molecule has 0 aliphatic heterocycles. The zero-order chi connectivity index (χ0) is 21.5. The average molecular weight is 452 g/mol. The Morgan fingerprint density at radius 2 is 1.63 bits per heavy atom. The number of nitrogens with one attached hydrogen (secondary N) is 3. The van der Waals surface area contributed by atoms with Crippen LogP contribution in [-0.4, -0.2) is 5.91 Å². The first kappa shape index (κ1) is 22.0. The van der Waals surface area contributed by atoms with Gasteiger partial charge >= 0.3 is 0 Å². The zero-order valence-corrected chi connectivity index (χ0v) is 17.0. The summed E-state index contributed by atoms with van der Waals surface area (Å²) in [5.74, 6) is -2.28. The maximum atomic E-state index is 13.7. The van der Waals surface area contributed by atoms with Crippen molar-refractivity contribution in [2.24, 2.45) is 0 Å². The van der Waals surface area contributed by atoms with Crippen LogP contribution in [0.4, 0.5) is 8.78 Å². The highest BCUT2D eigenvalue weighted by molar-refractivity contribution is 6.34. The fraction of sp³-hybridized carbons (Fsp3) is 0.0952. The lowest BCUT2D eigenvalue weighted by Gasteiger charge is -2.20. The summed E-state index contributed by atoms with van der Waals surface area (Å²) in [6.45, 7) is 0.256. The van der Waals surface area contributed by atoms with Gasteiger partial charge in [-0.3, -0.25) is 4.79 Å². The summed E-state index contributed by atoms with van der Waals surface area (Å²) >= 11 is 11.8. The molecule has 30 heavy (non-hydrogen) atoms. The van der Waals surface area contributed by atoms with Gasteiger partial charge in [-0.15, -0.1) is 0 Å². The molecule has 0 bridgehead atoms. The molecule has 3 aromatic rings. The molecule has 1 amide bonds. The Kier molecular flexibility index (Phi) is 7.59. The number of hydrogen-bond donors (Lipinski definition) is 3. The van der Waals surface area contributed by atoms with E-state index < -0.39 is 23.6 Å². The minimum atomic E-state index is -1.08. The summed E-state index contributed by atoms with van der Waals surface area (Å²) in [6, 6.07) is 15.9. The molecule has 0 spiro atoms. The molecule has 0 aliphatic rings. The molecule has 3 rings (SSSR count). The van der Waals surface area contributed by atoms with E-state index in [0.717, 1.165) is 17.7 Å². The molecule has 3 N–H and O–H groups in total. The van der Waals surface area contributed by atoms with Gasteiger partial charge in [0.05, 0.1) is 0 Å². The van der Waals surface area contributed by atoms with Crippen molar-refractivity contribution < 1.29 is 18.4 Å². The first-order valence-electron chi connectivity index (χ1n) is 8.82. The minimum Gasteiger partial charge on any atom is -0.394 e. The highest BCUT2D eigenvalue weighted by Gasteiger charge is 2.22. The molecular formula is C21H17Cl2F2N3O2. The van der Waals surface area contributed by atoms with Crippen molar-refractivity contribution in [2.75, 3.05) is 0 Å². The van der Waals surface area contributed by atoms with Gasteiger partial charge in [-0.1, -0.05) is 65.2 Å². The van der Waals surface area contributed by atoms with E-state index in [0.29, 0.717) is 10.0 Å². The van der Waals surface area contributed by atoms with E-state index in [4.69, 9.17) is 28.0 Å². The van der Waals surface area contributed by atoms with Gasteiger partial charge < -0.3 is 10.2 Å². The Bertz CT molecular complexity index is 1000. The predicted octanol–water partition coefficient (Wildman–Crippen LogP) is 4.72. The molecule has 3 aromatic carbocycles. The molecule has 0 heterocycles. The second-order valence-corrected chi connectivity index (χ2v) is 7.14. The van der Waals surface area contributed by atoms with Crippen LogP contribution in [0.1, 0.15) is 17.2 Å². The van der Waals surface area contributed by atoms with Gasteiger partial charge in [0, 0.05) is 28.7 Å². The van der Waals surface area contributed by atoms with Crippen LogP contribution in [0.5, 0.6) is 5.75 Å². The maximum absolute atomic E-state index is 13.7. The SMILES string of the molecule is O=C(NCc1ccccc1)C(NNOc1cc(Cl)cc(Cl)c1)c1ccc(F)c(F)c1. The lowest BCUT2D eigenvalue weighted by Crippen LogP contribution is -2.45. The first-order chi connectivity index (χ1) is 14.4. The van der Waals surface area contributed by atoms with E-state index in [-0.39, 0.29) is 17.9 Å². The van der Waals surface area contributed by atoms with Crippen LogP contribution in [0, 0.1) is 11.6 Å². The Hall–Kier alpha value is -2.71. The quantitative estimate of drug-likeness (QED) is 0.433. The van der Waals surface area contributed by atoms with Crippen LogP contribution in [-0.2, 0) is 11.3 Å². The van der Waals surface area contributed by atoms with Crippen molar-refractivity contribution in [1.82, 2.24) is 16.3 Å². The van der Waals surface area contributed by atoms with Crippen LogP contribution < -0.4 is 21.2 Å². The van der Waals surface area contributed by atoms with Crippen LogP contribution in [0.2, 0.25) is 10.0 Å². The smallest absolute Gasteiger partial charge is 0.243 e. The number of halogens is 4. The molecule has 0 aliphatic carbocycles. The van der Waals surface area contributed by atoms with E-state index in [1.54, 1.807) is 0 Å². The second-order valence-electron chi connectivity index (χ2n) is 6.26. The van der Waals surface area contributed by atoms with Gasteiger partial charge in [0.2, 0.25) is 5.91 Å². The van der Waals surface area contributed by atoms with Gasteiger partial charge in [-0.25, -0.2) is 14.2 Å². The summed E-state index contributed by atoms with van der Waals surface area (Å²) in [5, 5.41) is 3.46. The van der Waals surface area contributed by atoms with Gasteiger partial charge in [-0.05, 0) is 29.3 Å². The zero-order valence-electron chi connectivity index (χ0n) is 15.5. The van der Waals surface area contributed by atoms with Gasteiger partial charge in [0.1, 0.15) is 6.04 Å². The average Bonchev–Trinajstić information content (AvgIpc) is 2.72. The Balaban J connectivity index is 1.71. The second kappa shape index (κ2) is 10.4. The summed E-state index contributed by atoms with van der Waals surface area (Å²) in [7, 11) is 0. The third-order valence-corrected chi connectivity index (χ3v) is 4.49. The number of benzene rings is 3. The molecule has 1 unspecified atom stereocenters. The van der Waals surface area contributed by atoms with Gasteiger partial charge in [-0.2, -0.15) is 0 Å². The van der Waals surface area contributed by atoms with E-state index in [9.17, 15) is 13.6 Å². The Labute approximate surface area is 181 Å². The number of hydrazine groups is 1. The standard InChI is InChI=1S/C21H17Cl2F2N3O2/c22-15-9-16(23)11-17(10-15)30-28-27-20(14-6-7-18(24)19(25)8-14)21(29)26-12-13-4-2-1-3-5-13/h1-11,20,27-28H,12H2,(H,26,29). The van der Waals surface area contributed by atoms with Gasteiger partial charge in [0.15, 0.2) is 17.4 Å². The normalized spacial score (nSPS) is 11.7. The number of carbonyl (C=O) groups is 1. The molecule has 1 atom stereocenters. The van der Waals surface area contributed by atoms with Crippen molar-refractivity contribution in [3.05, 3.63) is 99.5 Å². The van der Waals surface area contributed by atoms with Gasteiger partial charge in [0.25, 0.3) is 0 Å². The highest BCUT2D eigenvalue weighted by atomic mass is 35.5. The Morgan fingerprint density at radius 1 is 0.933 bits per heavy atom.